The molecule has 1 aliphatic rings. The molecule has 3 aromatic heterocycles. The van der Waals surface area contributed by atoms with Crippen LogP contribution in [0.1, 0.15) is 5.82 Å². The van der Waals surface area contributed by atoms with Crippen LogP contribution in [0, 0.1) is 6.92 Å². The molecule has 0 radical (unpaired) electrons. The van der Waals surface area contributed by atoms with E-state index in [4.69, 9.17) is 4.42 Å². The van der Waals surface area contributed by atoms with Crippen LogP contribution in [-0.2, 0) is 7.05 Å². The van der Waals surface area contributed by atoms with E-state index in [2.05, 4.69) is 88.4 Å². The Morgan fingerprint density at radius 2 is 1.93 bits per heavy atom. The van der Waals surface area contributed by atoms with Crippen LogP contribution in [-0.4, -0.2) is 16.4 Å². The van der Waals surface area contributed by atoms with Gasteiger partial charge in [-0.1, -0.05) is 18.2 Å². The lowest BCUT2D eigenvalue weighted by Gasteiger charge is -2.18. The van der Waals surface area contributed by atoms with Crippen molar-refractivity contribution in [2.24, 2.45) is 7.05 Å². The molecule has 5 rings (SSSR count). The van der Waals surface area contributed by atoms with Crippen molar-refractivity contribution in [3.63, 3.8) is 0 Å². The minimum absolute atomic E-state index is 0.176. The second-order valence-electron chi connectivity index (χ2n) is 6.98. The second kappa shape index (κ2) is 5.88. The number of pyridine rings is 1. The van der Waals surface area contributed by atoms with Gasteiger partial charge < -0.3 is 9.23 Å². The predicted molar refractivity (Wildman–Crippen MR) is 108 cm³/mol. The summed E-state index contributed by atoms with van der Waals surface area (Å²) in [6.45, 7) is 4.49. The minimum Gasteiger partial charge on any atom is -0.439 e. The van der Waals surface area contributed by atoms with Crippen LogP contribution < -0.4 is 20.0 Å². The third-order valence-electron chi connectivity index (χ3n) is 5.35. The zero-order valence-electron chi connectivity index (χ0n) is 15.6. The first-order valence-corrected chi connectivity index (χ1v) is 9.12. The maximum Gasteiger partial charge on any atom is 0.366 e. The number of hydrogen-bond acceptors (Lipinski definition) is 3. The van der Waals surface area contributed by atoms with Crippen LogP contribution in [0.2, 0.25) is 6.82 Å². The molecule has 4 aromatic rings. The zero-order valence-corrected chi connectivity index (χ0v) is 15.6. The number of nitrogens with zero attached hydrogens (tertiary/aromatic N) is 4. The van der Waals surface area contributed by atoms with Gasteiger partial charge in [0.25, 0.3) is 0 Å². The smallest absolute Gasteiger partial charge is 0.366 e. The van der Waals surface area contributed by atoms with E-state index in [0.717, 1.165) is 27.5 Å². The van der Waals surface area contributed by atoms with Crippen molar-refractivity contribution in [1.29, 1.82) is 0 Å². The topological polar surface area (TPSA) is 38.1 Å². The summed E-state index contributed by atoms with van der Waals surface area (Å²) < 4.78 is 10.4. The fraction of sp³-hybridized carbons (Fsp3) is 0.143. The molecule has 0 bridgehead atoms. The normalized spacial score (nSPS) is 13.4. The molecule has 4 heterocycles. The highest BCUT2D eigenvalue weighted by atomic mass is 16.3. The Labute approximate surface area is 157 Å². The first kappa shape index (κ1) is 15.9. The molecule has 6 heteroatoms. The largest absolute Gasteiger partial charge is 0.439 e. The lowest BCUT2D eigenvalue weighted by Crippen LogP contribution is -2.47. The van der Waals surface area contributed by atoms with Crippen molar-refractivity contribution in [3.05, 3.63) is 71.3 Å². The first-order chi connectivity index (χ1) is 13.1. The zero-order chi connectivity index (χ0) is 18.5. The Kier molecular flexibility index (Phi) is 3.47. The highest BCUT2D eigenvalue weighted by Crippen LogP contribution is 2.19. The van der Waals surface area contributed by atoms with Gasteiger partial charge >= 0.3 is 6.85 Å². The van der Waals surface area contributed by atoms with Gasteiger partial charge in [-0.15, -0.1) is 0 Å². The molecule has 0 fully saturated rings. The van der Waals surface area contributed by atoms with Gasteiger partial charge in [0.2, 0.25) is 17.4 Å². The minimum atomic E-state index is 0.176. The van der Waals surface area contributed by atoms with E-state index >= 15 is 0 Å². The van der Waals surface area contributed by atoms with Gasteiger partial charge in [0, 0.05) is 13.1 Å². The SMILES string of the molecule is CB1C=c2oc3ncccc3c2=CN1c1cn(-c2ccccc2)c(C)[n+]1C. The molecule has 0 aliphatic carbocycles. The van der Waals surface area contributed by atoms with Crippen LogP contribution in [0.3, 0.4) is 0 Å². The number of furan rings is 1. The quantitative estimate of drug-likeness (QED) is 0.408. The average molecular weight is 355 g/mol. The number of anilines is 1. The Morgan fingerprint density at radius 1 is 1.11 bits per heavy atom. The van der Waals surface area contributed by atoms with E-state index in [1.165, 1.54) is 5.82 Å². The molecule has 0 amide bonds. The molecule has 1 aromatic carbocycles. The van der Waals surface area contributed by atoms with Crippen LogP contribution in [0.5, 0.6) is 0 Å². The molecule has 0 unspecified atom stereocenters. The maximum atomic E-state index is 5.94. The van der Waals surface area contributed by atoms with Gasteiger partial charge in [0.1, 0.15) is 17.3 Å². The Balaban J connectivity index is 1.70. The van der Waals surface area contributed by atoms with E-state index < -0.39 is 0 Å². The van der Waals surface area contributed by atoms with Gasteiger partial charge in [0.15, 0.2) is 0 Å². The Bertz CT molecular complexity index is 1270. The van der Waals surface area contributed by atoms with Crippen molar-refractivity contribution in [1.82, 2.24) is 9.55 Å². The lowest BCUT2D eigenvalue weighted by molar-refractivity contribution is -0.663. The van der Waals surface area contributed by atoms with Gasteiger partial charge in [0.05, 0.1) is 23.9 Å². The summed E-state index contributed by atoms with van der Waals surface area (Å²) in [6.07, 6.45) is 6.14. The summed E-state index contributed by atoms with van der Waals surface area (Å²) in [7, 11) is 2.11. The van der Waals surface area contributed by atoms with Crippen LogP contribution in [0.15, 0.2) is 59.3 Å². The number of aromatic nitrogens is 3. The molecule has 0 saturated heterocycles. The van der Waals surface area contributed by atoms with Gasteiger partial charge in [-0.25, -0.2) is 14.1 Å². The van der Waals surface area contributed by atoms with Gasteiger partial charge in [-0.05, 0) is 37.1 Å². The second-order valence-corrected chi connectivity index (χ2v) is 6.98. The van der Waals surface area contributed by atoms with E-state index in [-0.39, 0.29) is 6.85 Å². The molecular formula is C21H20BN4O+. The number of para-hydroxylation sites is 1. The molecule has 1 aliphatic heterocycles. The molecular weight excluding hydrogens is 335 g/mol. The fourth-order valence-electron chi connectivity index (χ4n) is 3.77. The Morgan fingerprint density at radius 3 is 2.74 bits per heavy atom. The average Bonchev–Trinajstić information content (AvgIpc) is 3.19. The Hall–Kier alpha value is -3.28. The number of hydrogen-bond donors (Lipinski definition) is 0. The van der Waals surface area contributed by atoms with Crippen molar-refractivity contribution in [3.8, 4) is 5.69 Å². The number of rotatable bonds is 2. The molecule has 132 valence electrons. The predicted octanol–water partition coefficient (Wildman–Crippen LogP) is 1.95. The third-order valence-corrected chi connectivity index (χ3v) is 5.35. The first-order valence-electron chi connectivity index (χ1n) is 9.12. The van der Waals surface area contributed by atoms with Crippen LogP contribution >= 0.6 is 0 Å². The number of benzene rings is 1. The molecule has 0 N–H and O–H groups in total. The number of imidazole rings is 1. The maximum absolute atomic E-state index is 5.94. The molecule has 27 heavy (non-hydrogen) atoms. The number of fused-ring (bicyclic) bond motifs is 3. The third kappa shape index (κ3) is 2.40. The van der Waals surface area contributed by atoms with Crippen LogP contribution in [0.4, 0.5) is 5.82 Å². The van der Waals surface area contributed by atoms with Crippen molar-refractivity contribution < 1.29 is 8.98 Å². The van der Waals surface area contributed by atoms with E-state index in [9.17, 15) is 0 Å². The highest BCUT2D eigenvalue weighted by molar-refractivity contribution is 6.76. The summed E-state index contributed by atoms with van der Waals surface area (Å²) in [5.74, 6) is 4.46. The summed E-state index contributed by atoms with van der Waals surface area (Å²) in [5, 5.41) is 2.13. The van der Waals surface area contributed by atoms with Crippen molar-refractivity contribution in [2.45, 2.75) is 13.7 Å². The van der Waals surface area contributed by atoms with Gasteiger partial charge in [-0.2, -0.15) is 0 Å². The molecule has 0 spiro atoms. The standard InChI is InChI=1S/C21H20BN4O/c1-15-24(3)20(14-25(15)16-8-5-4-6-9-16)26-13-18-17-10-7-11-23-21(17)27-19(18)12-22(26)2/h4-14H,1-3H3/q+1. The lowest BCUT2D eigenvalue weighted by atomic mass is 9.62. The fourth-order valence-corrected chi connectivity index (χ4v) is 3.77. The summed E-state index contributed by atoms with van der Waals surface area (Å²) in [5.41, 5.74) is 2.74. The van der Waals surface area contributed by atoms with Crippen molar-refractivity contribution in [2.75, 3.05) is 4.81 Å². The highest BCUT2D eigenvalue weighted by Gasteiger charge is 2.30. The summed E-state index contributed by atoms with van der Waals surface area (Å²) >= 11 is 0. The molecule has 5 nitrogen and oxygen atoms in total. The van der Waals surface area contributed by atoms with Gasteiger partial charge in [-0.3, -0.25) is 0 Å². The summed E-state index contributed by atoms with van der Waals surface area (Å²) in [6, 6.07) is 14.4. The van der Waals surface area contributed by atoms with Crippen LogP contribution in [0.25, 0.3) is 29.0 Å². The monoisotopic (exact) mass is 355 g/mol. The summed E-state index contributed by atoms with van der Waals surface area (Å²) in [4.78, 5) is 6.64. The van der Waals surface area contributed by atoms with E-state index in [0.29, 0.717) is 5.71 Å². The molecule has 0 saturated carbocycles. The van der Waals surface area contributed by atoms with Crippen molar-refractivity contribution >= 4 is 35.9 Å². The van der Waals surface area contributed by atoms with E-state index in [1.54, 1.807) is 6.20 Å². The molecule has 0 atom stereocenters. The van der Waals surface area contributed by atoms with E-state index in [1.807, 2.05) is 12.1 Å².